The molecule has 0 bridgehead atoms. The highest BCUT2D eigenvalue weighted by Crippen LogP contribution is 2.25. The molecule has 2 N–H and O–H groups in total. The van der Waals surface area contributed by atoms with Gasteiger partial charge >= 0.3 is 0 Å². The van der Waals surface area contributed by atoms with Crippen LogP contribution in [0, 0.1) is 0 Å². The van der Waals surface area contributed by atoms with Crippen LogP contribution in [0.15, 0.2) is 57.3 Å². The van der Waals surface area contributed by atoms with Gasteiger partial charge in [-0.2, -0.15) is 0 Å². The highest BCUT2D eigenvalue weighted by molar-refractivity contribution is 9.10. The number of halogens is 1. The Morgan fingerprint density at radius 3 is 2.22 bits per heavy atom. The van der Waals surface area contributed by atoms with E-state index in [0.29, 0.717) is 20.8 Å². The van der Waals surface area contributed by atoms with Gasteiger partial charge in [-0.15, -0.1) is 10.2 Å². The third kappa shape index (κ3) is 4.19. The van der Waals surface area contributed by atoms with Crippen molar-refractivity contribution in [1.82, 2.24) is 10.2 Å². The van der Waals surface area contributed by atoms with Crippen molar-refractivity contribution in [1.29, 1.82) is 0 Å². The Balaban J connectivity index is 1.66. The number of carbonyl (C=O) groups excluding carboxylic acids is 1. The molecule has 23 heavy (non-hydrogen) atoms. The van der Waals surface area contributed by atoms with Gasteiger partial charge in [0.25, 0.3) is 0 Å². The maximum Gasteiger partial charge on any atom is 0.203 e. The summed E-state index contributed by atoms with van der Waals surface area (Å²) in [6, 6.07) is 15.7. The van der Waals surface area contributed by atoms with Gasteiger partial charge in [-0.25, -0.2) is 0 Å². The third-order valence-corrected chi connectivity index (χ3v) is 5.55. The highest BCUT2D eigenvalue weighted by atomic mass is 79.9. The lowest BCUT2D eigenvalue weighted by atomic mass is 10.0. The number of thioether (sulfide) groups is 1. The van der Waals surface area contributed by atoms with Crippen LogP contribution in [0.2, 0.25) is 0 Å². The van der Waals surface area contributed by atoms with E-state index in [1.165, 1.54) is 23.1 Å². The van der Waals surface area contributed by atoms with Crippen molar-refractivity contribution in [2.75, 3.05) is 11.5 Å². The summed E-state index contributed by atoms with van der Waals surface area (Å²) in [5.41, 5.74) is 8.41. The minimum atomic E-state index is 0.0612. The fourth-order valence-electron chi connectivity index (χ4n) is 1.98. The van der Waals surface area contributed by atoms with Crippen LogP contribution in [0.1, 0.15) is 10.4 Å². The van der Waals surface area contributed by atoms with Crippen LogP contribution in [0.25, 0.3) is 11.1 Å². The zero-order chi connectivity index (χ0) is 16.2. The van der Waals surface area contributed by atoms with E-state index in [4.69, 9.17) is 5.73 Å². The Morgan fingerprint density at radius 1 is 1.04 bits per heavy atom. The first-order valence-corrected chi connectivity index (χ1v) is 9.32. The van der Waals surface area contributed by atoms with E-state index in [-0.39, 0.29) is 5.78 Å². The van der Waals surface area contributed by atoms with Gasteiger partial charge in [-0.05, 0) is 23.3 Å². The Hall–Kier alpha value is -1.70. The SMILES string of the molecule is Nc1nnc(SCC(=O)c2ccc(-c3ccc(Br)cc3)cc2)s1. The van der Waals surface area contributed by atoms with E-state index < -0.39 is 0 Å². The minimum Gasteiger partial charge on any atom is -0.374 e. The molecule has 0 aliphatic rings. The van der Waals surface area contributed by atoms with Gasteiger partial charge < -0.3 is 5.73 Å². The summed E-state index contributed by atoms with van der Waals surface area (Å²) in [6.45, 7) is 0. The number of hydrogen-bond donors (Lipinski definition) is 1. The molecule has 1 aromatic heterocycles. The van der Waals surface area contributed by atoms with Gasteiger partial charge in [-0.3, -0.25) is 4.79 Å². The molecule has 0 aliphatic heterocycles. The van der Waals surface area contributed by atoms with Crippen LogP contribution in [-0.2, 0) is 0 Å². The summed E-state index contributed by atoms with van der Waals surface area (Å²) in [5.74, 6) is 0.387. The van der Waals surface area contributed by atoms with Crippen molar-refractivity contribution in [3.05, 3.63) is 58.6 Å². The van der Waals surface area contributed by atoms with E-state index in [1.807, 2.05) is 48.5 Å². The second kappa shape index (κ2) is 7.25. The Bertz CT molecular complexity index is 816. The van der Waals surface area contributed by atoms with Gasteiger partial charge in [0, 0.05) is 10.0 Å². The molecule has 1 heterocycles. The van der Waals surface area contributed by atoms with Crippen molar-refractivity contribution in [3.8, 4) is 11.1 Å². The standard InChI is InChI=1S/C16H12BrN3OS2/c17-13-7-5-11(6-8-13)10-1-3-12(4-2-10)14(21)9-22-16-20-19-15(18)23-16/h1-8H,9H2,(H2,18,19). The molecule has 0 saturated heterocycles. The molecule has 0 spiro atoms. The maximum atomic E-state index is 12.2. The van der Waals surface area contributed by atoms with E-state index >= 15 is 0 Å². The van der Waals surface area contributed by atoms with Crippen molar-refractivity contribution < 1.29 is 4.79 Å². The molecule has 0 radical (unpaired) electrons. The smallest absolute Gasteiger partial charge is 0.203 e. The summed E-state index contributed by atoms with van der Waals surface area (Å²) in [6.07, 6.45) is 0. The number of ketones is 1. The molecule has 0 aliphatic carbocycles. The van der Waals surface area contributed by atoms with Crippen molar-refractivity contribution >= 4 is 49.9 Å². The zero-order valence-electron chi connectivity index (χ0n) is 11.9. The number of nitrogens with zero attached hydrogens (tertiary/aromatic N) is 2. The fourth-order valence-corrected chi connectivity index (χ4v) is 3.78. The molecule has 3 aromatic rings. The topological polar surface area (TPSA) is 68.9 Å². The van der Waals surface area contributed by atoms with Crippen molar-refractivity contribution in [2.45, 2.75) is 4.34 Å². The lowest BCUT2D eigenvalue weighted by Crippen LogP contribution is -2.01. The quantitative estimate of drug-likeness (QED) is 0.498. The lowest BCUT2D eigenvalue weighted by molar-refractivity contribution is 0.102. The first-order chi connectivity index (χ1) is 11.1. The average Bonchev–Trinajstić information content (AvgIpc) is 2.99. The predicted molar refractivity (Wildman–Crippen MR) is 99.0 cm³/mol. The van der Waals surface area contributed by atoms with Gasteiger partial charge in [-0.1, -0.05) is 75.4 Å². The van der Waals surface area contributed by atoms with Crippen molar-refractivity contribution in [2.24, 2.45) is 0 Å². The number of Topliss-reactive ketones (excluding diaryl/α,β-unsaturated/α-hetero) is 1. The number of nitrogens with two attached hydrogens (primary N) is 1. The number of benzene rings is 2. The van der Waals surface area contributed by atoms with Gasteiger partial charge in [0.15, 0.2) is 10.1 Å². The second-order valence-corrected chi connectivity index (χ2v) is 7.85. The number of aromatic nitrogens is 2. The summed E-state index contributed by atoms with van der Waals surface area (Å²) in [4.78, 5) is 12.2. The molecule has 3 rings (SSSR count). The molecule has 2 aromatic carbocycles. The van der Waals surface area contributed by atoms with Crippen LogP contribution < -0.4 is 5.73 Å². The zero-order valence-corrected chi connectivity index (χ0v) is 15.1. The average molecular weight is 406 g/mol. The third-order valence-electron chi connectivity index (χ3n) is 3.13. The second-order valence-electron chi connectivity index (χ2n) is 4.70. The van der Waals surface area contributed by atoms with Crippen LogP contribution in [0.3, 0.4) is 0 Å². The van der Waals surface area contributed by atoms with Gasteiger partial charge in [0.2, 0.25) is 5.13 Å². The Labute approximate surface area is 150 Å². The number of carbonyl (C=O) groups is 1. The molecule has 0 unspecified atom stereocenters. The Morgan fingerprint density at radius 2 is 1.65 bits per heavy atom. The predicted octanol–water partition coefficient (Wildman–Crippen LogP) is 4.52. The van der Waals surface area contributed by atoms with E-state index in [9.17, 15) is 4.79 Å². The molecule has 116 valence electrons. The molecule has 0 amide bonds. The van der Waals surface area contributed by atoms with E-state index in [0.717, 1.165) is 15.6 Å². The fraction of sp³-hybridized carbons (Fsp3) is 0.0625. The molecule has 4 nitrogen and oxygen atoms in total. The van der Waals surface area contributed by atoms with Gasteiger partial charge in [0.05, 0.1) is 5.75 Å². The van der Waals surface area contributed by atoms with Crippen LogP contribution in [0.4, 0.5) is 5.13 Å². The number of anilines is 1. The summed E-state index contributed by atoms with van der Waals surface area (Å²) < 4.78 is 1.75. The minimum absolute atomic E-state index is 0.0612. The molecule has 0 atom stereocenters. The number of nitrogen functional groups attached to an aromatic ring is 1. The van der Waals surface area contributed by atoms with E-state index in [2.05, 4.69) is 26.1 Å². The first-order valence-electron chi connectivity index (χ1n) is 6.73. The number of hydrogen-bond acceptors (Lipinski definition) is 6. The molecule has 7 heteroatoms. The largest absolute Gasteiger partial charge is 0.374 e. The first kappa shape index (κ1) is 16.2. The summed E-state index contributed by atoms with van der Waals surface area (Å²) in [7, 11) is 0. The molecular formula is C16H12BrN3OS2. The van der Waals surface area contributed by atoms with E-state index in [1.54, 1.807) is 0 Å². The number of rotatable bonds is 5. The highest BCUT2D eigenvalue weighted by Gasteiger charge is 2.09. The molecule has 0 fully saturated rings. The lowest BCUT2D eigenvalue weighted by Gasteiger charge is -2.04. The summed E-state index contributed by atoms with van der Waals surface area (Å²) >= 11 is 6.07. The van der Waals surface area contributed by atoms with Crippen LogP contribution in [0.5, 0.6) is 0 Å². The molecular weight excluding hydrogens is 394 g/mol. The Kier molecular flexibility index (Phi) is 5.09. The van der Waals surface area contributed by atoms with Crippen LogP contribution in [-0.4, -0.2) is 21.7 Å². The monoisotopic (exact) mass is 405 g/mol. The van der Waals surface area contributed by atoms with Crippen LogP contribution >= 0.6 is 39.0 Å². The summed E-state index contributed by atoms with van der Waals surface area (Å²) in [5, 5.41) is 8.04. The normalized spacial score (nSPS) is 10.7. The maximum absolute atomic E-state index is 12.2. The molecule has 0 saturated carbocycles. The van der Waals surface area contributed by atoms with Gasteiger partial charge in [0.1, 0.15) is 0 Å². The van der Waals surface area contributed by atoms with Crippen molar-refractivity contribution in [3.63, 3.8) is 0 Å².